The molecule has 0 unspecified atom stereocenters. The van der Waals surface area contributed by atoms with Crippen molar-refractivity contribution in [2.45, 2.75) is 33.3 Å². The quantitative estimate of drug-likeness (QED) is 0.459. The molecule has 0 aliphatic rings. The molecule has 0 atom stereocenters. The Kier molecular flexibility index (Phi) is 5.81. The lowest BCUT2D eigenvalue weighted by Gasteiger charge is -2.13. The summed E-state index contributed by atoms with van der Waals surface area (Å²) in [6, 6.07) is 9.84. The fraction of sp³-hybridized carbons (Fsp3) is 0.250. The Morgan fingerprint density at radius 1 is 1.19 bits per heavy atom. The summed E-state index contributed by atoms with van der Waals surface area (Å²) in [5, 5.41) is 9.88. The summed E-state index contributed by atoms with van der Waals surface area (Å²) in [7, 11) is 0. The highest BCUT2D eigenvalue weighted by Gasteiger charge is 2.14. The number of hydrogen-bond donors (Lipinski definition) is 2. The van der Waals surface area contributed by atoms with Crippen LogP contribution in [0.4, 0.5) is 0 Å². The molecule has 2 aromatic carbocycles. The highest BCUT2D eigenvalue weighted by molar-refractivity contribution is 9.11. The van der Waals surface area contributed by atoms with Crippen molar-refractivity contribution in [1.82, 2.24) is 9.66 Å². The van der Waals surface area contributed by atoms with Crippen LogP contribution in [0.5, 0.6) is 11.5 Å². The van der Waals surface area contributed by atoms with E-state index in [0.717, 1.165) is 22.6 Å². The number of imidazole rings is 1. The summed E-state index contributed by atoms with van der Waals surface area (Å²) in [5.41, 5.74) is 3.85. The molecule has 1 aromatic heterocycles. The first kappa shape index (κ1) is 19.8. The van der Waals surface area contributed by atoms with E-state index in [2.05, 4.69) is 68.9 Å². The normalized spacial score (nSPS) is 11.2. The molecule has 5 nitrogen and oxygen atoms in total. The van der Waals surface area contributed by atoms with Gasteiger partial charge in [-0.1, -0.05) is 26.0 Å². The van der Waals surface area contributed by atoms with E-state index in [1.54, 1.807) is 18.3 Å². The topological polar surface area (TPSA) is 73.3 Å². The fourth-order valence-electron chi connectivity index (χ4n) is 2.71. The Balaban J connectivity index is 1.84. The molecular weight excluding hydrogens is 474 g/mol. The molecule has 142 valence electrons. The van der Waals surface area contributed by atoms with Crippen LogP contribution in [0.1, 0.15) is 36.7 Å². The Labute approximate surface area is 175 Å². The number of benzene rings is 2. The summed E-state index contributed by atoms with van der Waals surface area (Å²) < 4.78 is 8.65. The smallest absolute Gasteiger partial charge is 0.165 e. The molecule has 0 aliphatic heterocycles. The number of aromatic nitrogens is 2. The number of aryl methyl sites for hydroxylation is 1. The largest absolute Gasteiger partial charge is 0.506 e. The Bertz CT molecular complexity index is 960. The molecule has 0 amide bonds. The molecule has 0 aliphatic carbocycles. The van der Waals surface area contributed by atoms with Crippen LogP contribution in [-0.2, 0) is 6.61 Å². The summed E-state index contributed by atoms with van der Waals surface area (Å²) in [4.78, 5) is 4.40. The Morgan fingerprint density at radius 2 is 1.85 bits per heavy atom. The molecular formula is C20H21Br2N3O2. The lowest BCUT2D eigenvalue weighted by Crippen LogP contribution is -2.16. The van der Waals surface area contributed by atoms with E-state index in [-0.39, 0.29) is 12.4 Å². The third-order valence-electron chi connectivity index (χ3n) is 4.42. The molecule has 0 fully saturated rings. The maximum Gasteiger partial charge on any atom is 0.165 e. The standard InChI is InChI=1S/C20H21Br2N3O2/c1-11(2)13-5-4-12(3)18(8-13)27-10-19-24-9-17(25(19)23)14-6-15(21)20(26)16(22)7-14/h4-9,11,26H,10,23H2,1-3H3. The molecule has 1 heterocycles. The van der Waals surface area contributed by atoms with Gasteiger partial charge in [0.1, 0.15) is 18.1 Å². The summed E-state index contributed by atoms with van der Waals surface area (Å²) in [6.45, 7) is 6.59. The van der Waals surface area contributed by atoms with E-state index in [9.17, 15) is 5.11 Å². The molecule has 7 heteroatoms. The molecule has 3 rings (SSSR count). The van der Waals surface area contributed by atoms with E-state index < -0.39 is 0 Å². The van der Waals surface area contributed by atoms with Crippen LogP contribution in [0.2, 0.25) is 0 Å². The van der Waals surface area contributed by atoms with Gasteiger partial charge in [-0.2, -0.15) is 0 Å². The molecule has 3 N–H and O–H groups in total. The monoisotopic (exact) mass is 493 g/mol. The van der Waals surface area contributed by atoms with E-state index in [0.29, 0.717) is 20.7 Å². The molecule has 0 saturated heterocycles. The number of hydrogen-bond acceptors (Lipinski definition) is 4. The fourth-order valence-corrected chi connectivity index (χ4v) is 3.89. The van der Waals surface area contributed by atoms with Crippen molar-refractivity contribution in [3.8, 4) is 22.8 Å². The van der Waals surface area contributed by atoms with Crippen molar-refractivity contribution in [2.75, 3.05) is 5.84 Å². The number of rotatable bonds is 5. The molecule has 0 bridgehead atoms. The molecule has 27 heavy (non-hydrogen) atoms. The molecule has 0 radical (unpaired) electrons. The predicted octanol–water partition coefficient (Wildman–Crippen LogP) is 5.51. The minimum absolute atomic E-state index is 0.144. The second-order valence-corrected chi connectivity index (χ2v) is 8.40. The first-order valence-corrected chi connectivity index (χ1v) is 10.1. The van der Waals surface area contributed by atoms with Gasteiger partial charge in [-0.3, -0.25) is 0 Å². The number of nitrogens with zero attached hydrogens (tertiary/aromatic N) is 2. The van der Waals surface area contributed by atoms with Crippen LogP contribution in [0.3, 0.4) is 0 Å². The van der Waals surface area contributed by atoms with Crippen molar-refractivity contribution in [3.63, 3.8) is 0 Å². The second-order valence-electron chi connectivity index (χ2n) is 6.69. The van der Waals surface area contributed by atoms with E-state index in [1.165, 1.54) is 10.2 Å². The van der Waals surface area contributed by atoms with Gasteiger partial charge in [0, 0.05) is 5.56 Å². The molecule has 0 saturated carbocycles. The van der Waals surface area contributed by atoms with Crippen LogP contribution < -0.4 is 10.6 Å². The van der Waals surface area contributed by atoms with Crippen molar-refractivity contribution in [3.05, 3.63) is 62.4 Å². The van der Waals surface area contributed by atoms with Gasteiger partial charge in [-0.25, -0.2) is 9.66 Å². The number of nitrogen functional groups attached to an aromatic ring is 1. The summed E-state index contributed by atoms with van der Waals surface area (Å²) >= 11 is 6.68. The lowest BCUT2D eigenvalue weighted by molar-refractivity contribution is 0.291. The van der Waals surface area contributed by atoms with Crippen LogP contribution in [0.25, 0.3) is 11.3 Å². The lowest BCUT2D eigenvalue weighted by atomic mass is 10.0. The van der Waals surface area contributed by atoms with Gasteiger partial charge in [-0.05, 0) is 74.0 Å². The SMILES string of the molecule is Cc1ccc(C(C)C)cc1OCc1ncc(-c2cc(Br)c(O)c(Br)c2)n1N. The van der Waals surface area contributed by atoms with Crippen molar-refractivity contribution < 1.29 is 9.84 Å². The first-order chi connectivity index (χ1) is 12.8. The first-order valence-electron chi connectivity index (χ1n) is 8.51. The maximum atomic E-state index is 9.88. The van der Waals surface area contributed by atoms with Gasteiger partial charge in [0.25, 0.3) is 0 Å². The van der Waals surface area contributed by atoms with Crippen LogP contribution >= 0.6 is 31.9 Å². The minimum Gasteiger partial charge on any atom is -0.506 e. The van der Waals surface area contributed by atoms with Crippen LogP contribution in [0, 0.1) is 6.92 Å². The zero-order valence-electron chi connectivity index (χ0n) is 15.3. The van der Waals surface area contributed by atoms with Gasteiger partial charge >= 0.3 is 0 Å². The predicted molar refractivity (Wildman–Crippen MR) is 114 cm³/mol. The third kappa shape index (κ3) is 4.14. The molecule has 0 spiro atoms. The highest BCUT2D eigenvalue weighted by atomic mass is 79.9. The number of nitrogens with two attached hydrogens (primary N) is 1. The average molecular weight is 495 g/mol. The number of aromatic hydroxyl groups is 1. The summed E-state index contributed by atoms with van der Waals surface area (Å²) in [6.07, 6.45) is 1.70. The second kappa shape index (κ2) is 7.94. The van der Waals surface area contributed by atoms with E-state index in [4.69, 9.17) is 10.6 Å². The zero-order valence-corrected chi connectivity index (χ0v) is 18.5. The van der Waals surface area contributed by atoms with Crippen molar-refractivity contribution >= 4 is 31.9 Å². The van der Waals surface area contributed by atoms with E-state index in [1.807, 2.05) is 6.92 Å². The van der Waals surface area contributed by atoms with Gasteiger partial charge < -0.3 is 15.7 Å². The maximum absolute atomic E-state index is 9.88. The number of phenolic OH excluding ortho intramolecular Hbond substituents is 1. The summed E-state index contributed by atoms with van der Waals surface area (Å²) in [5.74, 6) is 8.26. The highest BCUT2D eigenvalue weighted by Crippen LogP contribution is 2.36. The number of ether oxygens (including phenoxy) is 1. The van der Waals surface area contributed by atoms with Gasteiger partial charge in [0.15, 0.2) is 5.82 Å². The molecule has 3 aromatic rings. The zero-order chi connectivity index (χ0) is 19.7. The Morgan fingerprint density at radius 3 is 2.48 bits per heavy atom. The van der Waals surface area contributed by atoms with Crippen LogP contribution in [0.15, 0.2) is 45.5 Å². The van der Waals surface area contributed by atoms with Gasteiger partial charge in [0.2, 0.25) is 0 Å². The van der Waals surface area contributed by atoms with Crippen molar-refractivity contribution in [2.24, 2.45) is 0 Å². The van der Waals surface area contributed by atoms with Crippen LogP contribution in [-0.4, -0.2) is 14.8 Å². The Hall–Kier alpha value is -1.99. The number of phenols is 1. The van der Waals surface area contributed by atoms with Crippen molar-refractivity contribution in [1.29, 1.82) is 0 Å². The van der Waals surface area contributed by atoms with Gasteiger partial charge in [-0.15, -0.1) is 0 Å². The van der Waals surface area contributed by atoms with E-state index >= 15 is 0 Å². The average Bonchev–Trinajstić information content (AvgIpc) is 2.99. The van der Waals surface area contributed by atoms with Gasteiger partial charge in [0.05, 0.1) is 20.8 Å². The third-order valence-corrected chi connectivity index (χ3v) is 5.63. The number of halogens is 2. The minimum atomic E-state index is 0.144.